The molecule has 2 N–H and O–H groups in total. The molecule has 2 nitrogen and oxygen atoms in total. The number of phenolic OH excluding ortho intramolecular Hbond substituents is 2. The van der Waals surface area contributed by atoms with Crippen LogP contribution >= 0.6 is 0 Å². The standard InChI is InChI=1S/C17H18O2/c1-11(9-14-7-5-4-6-8-14)16-13(3)17(19)12(2)10-15(16)18/h4-10,18-19H,1-3H3/b11-9+. The van der Waals surface area contributed by atoms with E-state index in [1.54, 1.807) is 13.0 Å². The number of allylic oxidation sites excluding steroid dienone is 1. The van der Waals surface area contributed by atoms with Crippen LogP contribution in [-0.4, -0.2) is 10.2 Å². The Morgan fingerprint density at radius 1 is 1.05 bits per heavy atom. The fraction of sp³-hybridized carbons (Fsp3) is 0.176. The molecular formula is C17H18O2. The van der Waals surface area contributed by atoms with Gasteiger partial charge in [0.25, 0.3) is 0 Å². The van der Waals surface area contributed by atoms with E-state index >= 15 is 0 Å². The summed E-state index contributed by atoms with van der Waals surface area (Å²) in [6.07, 6.45) is 2.00. The number of aryl methyl sites for hydroxylation is 1. The highest BCUT2D eigenvalue weighted by Crippen LogP contribution is 2.36. The quantitative estimate of drug-likeness (QED) is 0.620. The van der Waals surface area contributed by atoms with Crippen LogP contribution in [0.5, 0.6) is 11.5 Å². The largest absolute Gasteiger partial charge is 0.507 e. The molecule has 19 heavy (non-hydrogen) atoms. The molecule has 0 radical (unpaired) electrons. The number of phenols is 2. The lowest BCUT2D eigenvalue weighted by atomic mass is 9.96. The molecule has 2 aromatic rings. The van der Waals surface area contributed by atoms with Crippen LogP contribution in [-0.2, 0) is 0 Å². The van der Waals surface area contributed by atoms with Gasteiger partial charge in [0.2, 0.25) is 0 Å². The van der Waals surface area contributed by atoms with Gasteiger partial charge in [0.05, 0.1) is 0 Å². The number of rotatable bonds is 2. The van der Waals surface area contributed by atoms with E-state index in [0.29, 0.717) is 16.7 Å². The van der Waals surface area contributed by atoms with Crippen LogP contribution in [0.1, 0.15) is 29.2 Å². The SMILES string of the molecule is C/C(=C\c1ccccc1)c1c(O)cc(C)c(O)c1C. The summed E-state index contributed by atoms with van der Waals surface area (Å²) < 4.78 is 0. The van der Waals surface area contributed by atoms with E-state index in [1.807, 2.05) is 50.3 Å². The molecule has 0 bridgehead atoms. The number of hydrogen-bond donors (Lipinski definition) is 2. The smallest absolute Gasteiger partial charge is 0.123 e. The van der Waals surface area contributed by atoms with Crippen molar-refractivity contribution in [3.05, 3.63) is 58.7 Å². The van der Waals surface area contributed by atoms with E-state index in [-0.39, 0.29) is 11.5 Å². The molecule has 0 aliphatic heterocycles. The van der Waals surface area contributed by atoms with E-state index < -0.39 is 0 Å². The fourth-order valence-electron chi connectivity index (χ4n) is 2.32. The predicted octanol–water partition coefficient (Wildman–Crippen LogP) is 4.28. The Bertz CT molecular complexity index is 625. The van der Waals surface area contributed by atoms with Crippen molar-refractivity contribution in [2.75, 3.05) is 0 Å². The molecule has 0 amide bonds. The van der Waals surface area contributed by atoms with E-state index in [1.165, 1.54) is 0 Å². The summed E-state index contributed by atoms with van der Waals surface area (Å²) in [5.74, 6) is 0.450. The molecule has 2 heteroatoms. The third-order valence-electron chi connectivity index (χ3n) is 3.29. The number of aromatic hydroxyl groups is 2. The maximum atomic E-state index is 10.1. The Kier molecular flexibility index (Phi) is 3.61. The Morgan fingerprint density at radius 2 is 1.68 bits per heavy atom. The summed E-state index contributed by atoms with van der Waals surface area (Å²) in [5, 5.41) is 20.1. The van der Waals surface area contributed by atoms with Crippen molar-refractivity contribution in [1.29, 1.82) is 0 Å². The minimum absolute atomic E-state index is 0.206. The van der Waals surface area contributed by atoms with Crippen LogP contribution in [0, 0.1) is 13.8 Å². The maximum absolute atomic E-state index is 10.1. The first-order valence-electron chi connectivity index (χ1n) is 6.26. The van der Waals surface area contributed by atoms with Crippen LogP contribution in [0.15, 0.2) is 36.4 Å². The highest BCUT2D eigenvalue weighted by Gasteiger charge is 2.13. The van der Waals surface area contributed by atoms with Gasteiger partial charge in [0.1, 0.15) is 11.5 Å². The molecular weight excluding hydrogens is 236 g/mol. The van der Waals surface area contributed by atoms with Crippen molar-refractivity contribution < 1.29 is 10.2 Å². The summed E-state index contributed by atoms with van der Waals surface area (Å²) in [5.41, 5.74) is 4.09. The first kappa shape index (κ1) is 13.2. The van der Waals surface area contributed by atoms with Crippen molar-refractivity contribution in [2.24, 2.45) is 0 Å². The lowest BCUT2D eigenvalue weighted by molar-refractivity contribution is 0.451. The van der Waals surface area contributed by atoms with Gasteiger partial charge in [-0.15, -0.1) is 0 Å². The molecule has 0 atom stereocenters. The first-order valence-corrected chi connectivity index (χ1v) is 6.26. The maximum Gasteiger partial charge on any atom is 0.123 e. The minimum Gasteiger partial charge on any atom is -0.507 e. The molecule has 0 aliphatic rings. The molecule has 2 aromatic carbocycles. The lowest BCUT2D eigenvalue weighted by Crippen LogP contribution is -1.91. The first-order chi connectivity index (χ1) is 9.00. The zero-order valence-electron chi connectivity index (χ0n) is 11.4. The molecule has 2 rings (SSSR count). The molecule has 0 unspecified atom stereocenters. The Hall–Kier alpha value is -2.22. The fourth-order valence-corrected chi connectivity index (χ4v) is 2.32. The van der Waals surface area contributed by atoms with E-state index in [4.69, 9.17) is 0 Å². The van der Waals surface area contributed by atoms with E-state index in [2.05, 4.69) is 0 Å². The van der Waals surface area contributed by atoms with Crippen LogP contribution in [0.4, 0.5) is 0 Å². The van der Waals surface area contributed by atoms with Crippen molar-refractivity contribution in [1.82, 2.24) is 0 Å². The van der Waals surface area contributed by atoms with E-state index in [0.717, 1.165) is 11.1 Å². The molecule has 0 spiro atoms. The van der Waals surface area contributed by atoms with Gasteiger partial charge in [-0.1, -0.05) is 36.4 Å². The van der Waals surface area contributed by atoms with Crippen LogP contribution in [0.2, 0.25) is 0 Å². The van der Waals surface area contributed by atoms with Gasteiger partial charge in [-0.05, 0) is 43.5 Å². The van der Waals surface area contributed by atoms with Gasteiger partial charge in [-0.2, -0.15) is 0 Å². The topological polar surface area (TPSA) is 40.5 Å². The molecule has 98 valence electrons. The second-order valence-electron chi connectivity index (χ2n) is 4.80. The van der Waals surface area contributed by atoms with Gasteiger partial charge in [0, 0.05) is 11.1 Å². The summed E-state index contributed by atoms with van der Waals surface area (Å²) in [6.45, 7) is 5.53. The van der Waals surface area contributed by atoms with Gasteiger partial charge in [-0.3, -0.25) is 0 Å². The molecule has 0 aromatic heterocycles. The second kappa shape index (κ2) is 5.19. The highest BCUT2D eigenvalue weighted by atomic mass is 16.3. The Morgan fingerprint density at radius 3 is 2.32 bits per heavy atom. The molecule has 0 fully saturated rings. The Labute approximate surface area is 113 Å². The average molecular weight is 254 g/mol. The van der Waals surface area contributed by atoms with Crippen LogP contribution in [0.25, 0.3) is 11.6 Å². The summed E-state index contributed by atoms with van der Waals surface area (Å²) in [7, 11) is 0. The number of benzene rings is 2. The summed E-state index contributed by atoms with van der Waals surface area (Å²) >= 11 is 0. The lowest BCUT2D eigenvalue weighted by Gasteiger charge is -2.13. The zero-order valence-corrected chi connectivity index (χ0v) is 11.4. The van der Waals surface area contributed by atoms with Gasteiger partial charge < -0.3 is 10.2 Å². The van der Waals surface area contributed by atoms with Gasteiger partial charge >= 0.3 is 0 Å². The number of hydrogen-bond acceptors (Lipinski definition) is 2. The zero-order chi connectivity index (χ0) is 14.0. The summed E-state index contributed by atoms with van der Waals surface area (Å²) in [4.78, 5) is 0. The monoisotopic (exact) mass is 254 g/mol. The van der Waals surface area contributed by atoms with Crippen LogP contribution in [0.3, 0.4) is 0 Å². The van der Waals surface area contributed by atoms with Crippen molar-refractivity contribution in [3.8, 4) is 11.5 Å². The average Bonchev–Trinajstić information content (AvgIpc) is 2.37. The minimum atomic E-state index is 0.206. The van der Waals surface area contributed by atoms with E-state index in [9.17, 15) is 10.2 Å². The third kappa shape index (κ3) is 2.63. The van der Waals surface area contributed by atoms with Crippen molar-refractivity contribution in [2.45, 2.75) is 20.8 Å². The highest BCUT2D eigenvalue weighted by molar-refractivity contribution is 5.85. The Balaban J connectivity index is 2.54. The normalized spacial score (nSPS) is 11.6. The molecule has 0 saturated heterocycles. The van der Waals surface area contributed by atoms with Gasteiger partial charge in [-0.25, -0.2) is 0 Å². The van der Waals surface area contributed by atoms with Gasteiger partial charge in [0.15, 0.2) is 0 Å². The van der Waals surface area contributed by atoms with Crippen molar-refractivity contribution >= 4 is 11.6 Å². The van der Waals surface area contributed by atoms with Crippen molar-refractivity contribution in [3.63, 3.8) is 0 Å². The van der Waals surface area contributed by atoms with Crippen LogP contribution < -0.4 is 0 Å². The molecule has 0 heterocycles. The summed E-state index contributed by atoms with van der Waals surface area (Å²) in [6, 6.07) is 11.5. The second-order valence-corrected chi connectivity index (χ2v) is 4.80. The predicted molar refractivity (Wildman–Crippen MR) is 79.2 cm³/mol. The molecule has 0 aliphatic carbocycles. The molecule has 0 saturated carbocycles. The third-order valence-corrected chi connectivity index (χ3v) is 3.29.